The fourth-order valence-electron chi connectivity index (χ4n) is 4.41. The van der Waals surface area contributed by atoms with Crippen LogP contribution >= 0.6 is 0 Å². The van der Waals surface area contributed by atoms with Crippen LogP contribution in [0.25, 0.3) is 0 Å². The second kappa shape index (κ2) is 11.1. The number of urea groups is 1. The largest absolute Gasteiger partial charge is 0.343 e. The van der Waals surface area contributed by atoms with Gasteiger partial charge >= 0.3 is 6.03 Å². The van der Waals surface area contributed by atoms with E-state index in [1.807, 2.05) is 4.90 Å². The smallest absolute Gasteiger partial charge is 0.315 e. The second-order valence-corrected chi connectivity index (χ2v) is 8.33. The average Bonchev–Trinajstić information content (AvgIpc) is 2.74. The number of amides is 3. The van der Waals surface area contributed by atoms with Gasteiger partial charge in [-0.25, -0.2) is 4.79 Å². The van der Waals surface area contributed by atoms with E-state index in [9.17, 15) is 9.59 Å². The molecule has 3 rings (SSSR count). The fraction of sp³-hybridized carbons (Fsp3) is 0.652. The van der Waals surface area contributed by atoms with Gasteiger partial charge < -0.3 is 15.5 Å². The monoisotopic (exact) mass is 385 g/mol. The first-order valence-corrected chi connectivity index (χ1v) is 11.1. The average molecular weight is 386 g/mol. The number of piperidine rings is 1. The molecule has 0 bridgehead atoms. The van der Waals surface area contributed by atoms with Crippen molar-refractivity contribution in [1.82, 2.24) is 15.5 Å². The number of hydrogen-bond acceptors (Lipinski definition) is 2. The second-order valence-electron chi connectivity index (χ2n) is 8.33. The van der Waals surface area contributed by atoms with Crippen LogP contribution in [0.5, 0.6) is 0 Å². The maximum Gasteiger partial charge on any atom is 0.315 e. The molecule has 0 aromatic heterocycles. The van der Waals surface area contributed by atoms with Gasteiger partial charge in [0.15, 0.2) is 0 Å². The molecule has 1 saturated heterocycles. The summed E-state index contributed by atoms with van der Waals surface area (Å²) >= 11 is 0. The molecule has 1 saturated carbocycles. The summed E-state index contributed by atoms with van der Waals surface area (Å²) in [6.45, 7) is 2.13. The Bertz CT molecular complexity index is 606. The van der Waals surface area contributed by atoms with Crippen LogP contribution in [0, 0.1) is 5.92 Å². The topological polar surface area (TPSA) is 61.4 Å². The van der Waals surface area contributed by atoms with E-state index in [0.717, 1.165) is 45.2 Å². The lowest BCUT2D eigenvalue weighted by Crippen LogP contribution is -2.44. The van der Waals surface area contributed by atoms with Crippen molar-refractivity contribution >= 4 is 11.9 Å². The zero-order valence-electron chi connectivity index (χ0n) is 17.0. The number of aryl methyl sites for hydroxylation is 1. The lowest BCUT2D eigenvalue weighted by molar-refractivity contribution is -0.132. The zero-order chi connectivity index (χ0) is 19.6. The van der Waals surface area contributed by atoms with Crippen LogP contribution in [0.4, 0.5) is 4.79 Å². The molecule has 154 valence electrons. The number of nitrogens with one attached hydrogen (secondary N) is 2. The van der Waals surface area contributed by atoms with E-state index in [1.165, 1.54) is 31.2 Å². The van der Waals surface area contributed by atoms with Gasteiger partial charge in [-0.05, 0) is 50.0 Å². The first-order chi connectivity index (χ1) is 13.7. The minimum atomic E-state index is -0.126. The Morgan fingerprint density at radius 3 is 2.39 bits per heavy atom. The quantitative estimate of drug-likeness (QED) is 0.748. The standard InChI is InChI=1S/C23H35N3O2/c27-22(13-16-24-23(28)25-21-9-5-2-6-10-21)26-17-14-20(15-18-26)12-11-19-7-3-1-4-8-19/h1,3-4,7-8,20-21H,2,5-6,9-18H2,(H2,24,25,28). The number of carbonyl (C=O) groups is 2. The SMILES string of the molecule is O=C(NCCC(=O)N1CCC(CCc2ccccc2)CC1)NC1CCCCC1. The van der Waals surface area contributed by atoms with E-state index >= 15 is 0 Å². The molecule has 1 aromatic carbocycles. The lowest BCUT2D eigenvalue weighted by Gasteiger charge is -2.32. The third-order valence-corrected chi connectivity index (χ3v) is 6.22. The molecule has 2 N–H and O–H groups in total. The maximum atomic E-state index is 12.4. The molecule has 0 atom stereocenters. The first-order valence-electron chi connectivity index (χ1n) is 11.1. The van der Waals surface area contributed by atoms with Crippen LogP contribution in [0.1, 0.15) is 63.4 Å². The Labute approximate surface area is 169 Å². The Morgan fingerprint density at radius 1 is 0.964 bits per heavy atom. The Morgan fingerprint density at radius 2 is 1.68 bits per heavy atom. The third-order valence-electron chi connectivity index (χ3n) is 6.22. The molecule has 1 heterocycles. The Hall–Kier alpha value is -2.04. The molecule has 1 aromatic rings. The summed E-state index contributed by atoms with van der Waals surface area (Å²) in [4.78, 5) is 26.3. The van der Waals surface area contributed by atoms with E-state index in [1.54, 1.807) is 0 Å². The van der Waals surface area contributed by atoms with Gasteiger partial charge in [0.1, 0.15) is 0 Å². The van der Waals surface area contributed by atoms with Gasteiger partial charge in [0.25, 0.3) is 0 Å². The molecule has 1 aliphatic heterocycles. The summed E-state index contributed by atoms with van der Waals surface area (Å²) in [6, 6.07) is 10.8. The highest BCUT2D eigenvalue weighted by atomic mass is 16.2. The van der Waals surface area contributed by atoms with Gasteiger partial charge in [-0.1, -0.05) is 49.6 Å². The van der Waals surface area contributed by atoms with Gasteiger partial charge in [0.05, 0.1) is 0 Å². The molecule has 5 nitrogen and oxygen atoms in total. The predicted molar refractivity (Wildman–Crippen MR) is 112 cm³/mol. The third kappa shape index (κ3) is 6.84. The first kappa shape index (κ1) is 20.7. The minimum Gasteiger partial charge on any atom is -0.343 e. The number of hydrogen-bond donors (Lipinski definition) is 2. The number of nitrogens with zero attached hydrogens (tertiary/aromatic N) is 1. The number of rotatable bonds is 7. The molecule has 2 aliphatic rings. The predicted octanol–water partition coefficient (Wildman–Crippen LogP) is 3.88. The molecule has 0 radical (unpaired) electrons. The van der Waals surface area contributed by atoms with E-state index < -0.39 is 0 Å². The number of likely N-dealkylation sites (tertiary alicyclic amines) is 1. The number of carbonyl (C=O) groups excluding carboxylic acids is 2. The van der Waals surface area contributed by atoms with Crippen molar-refractivity contribution in [3.05, 3.63) is 35.9 Å². The van der Waals surface area contributed by atoms with Crippen LogP contribution in [0.3, 0.4) is 0 Å². The van der Waals surface area contributed by atoms with Crippen molar-refractivity contribution in [3.8, 4) is 0 Å². The molecule has 28 heavy (non-hydrogen) atoms. The van der Waals surface area contributed by atoms with Gasteiger partial charge in [-0.15, -0.1) is 0 Å². The van der Waals surface area contributed by atoms with Crippen molar-refractivity contribution in [3.63, 3.8) is 0 Å². The van der Waals surface area contributed by atoms with E-state index in [0.29, 0.717) is 24.9 Å². The molecule has 1 aliphatic carbocycles. The van der Waals surface area contributed by atoms with Crippen molar-refractivity contribution in [2.24, 2.45) is 5.92 Å². The maximum absolute atomic E-state index is 12.4. The summed E-state index contributed by atoms with van der Waals surface area (Å²) in [7, 11) is 0. The van der Waals surface area contributed by atoms with Gasteiger partial charge in [-0.3, -0.25) is 4.79 Å². The van der Waals surface area contributed by atoms with Crippen molar-refractivity contribution in [2.45, 2.75) is 70.3 Å². The van der Waals surface area contributed by atoms with Crippen LogP contribution in [0.15, 0.2) is 30.3 Å². The summed E-state index contributed by atoms with van der Waals surface area (Å²) < 4.78 is 0. The molecule has 3 amide bonds. The normalized spacial score (nSPS) is 18.6. The molecule has 2 fully saturated rings. The minimum absolute atomic E-state index is 0.126. The van der Waals surface area contributed by atoms with Crippen LogP contribution < -0.4 is 10.6 Å². The molecule has 0 spiro atoms. The van der Waals surface area contributed by atoms with Crippen LogP contribution in [0.2, 0.25) is 0 Å². The lowest BCUT2D eigenvalue weighted by atomic mass is 9.90. The summed E-state index contributed by atoms with van der Waals surface area (Å²) in [6.07, 6.45) is 10.7. The Balaban J connectivity index is 1.27. The van der Waals surface area contributed by atoms with Crippen molar-refractivity contribution in [1.29, 1.82) is 0 Å². The molecule has 5 heteroatoms. The van der Waals surface area contributed by atoms with E-state index in [4.69, 9.17) is 0 Å². The zero-order valence-corrected chi connectivity index (χ0v) is 17.0. The van der Waals surface area contributed by atoms with Gasteiger partial charge in [-0.2, -0.15) is 0 Å². The summed E-state index contributed by atoms with van der Waals surface area (Å²) in [5.74, 6) is 0.878. The highest BCUT2D eigenvalue weighted by Gasteiger charge is 2.22. The highest BCUT2D eigenvalue weighted by Crippen LogP contribution is 2.23. The van der Waals surface area contributed by atoms with Crippen molar-refractivity contribution in [2.75, 3.05) is 19.6 Å². The van der Waals surface area contributed by atoms with Gasteiger partial charge in [0.2, 0.25) is 5.91 Å². The number of benzene rings is 1. The summed E-state index contributed by atoms with van der Waals surface area (Å²) in [5, 5.41) is 5.88. The van der Waals surface area contributed by atoms with Crippen LogP contribution in [-0.2, 0) is 11.2 Å². The van der Waals surface area contributed by atoms with Crippen LogP contribution in [-0.4, -0.2) is 42.5 Å². The van der Waals surface area contributed by atoms with E-state index in [2.05, 4.69) is 41.0 Å². The molecule has 0 unspecified atom stereocenters. The van der Waals surface area contributed by atoms with Gasteiger partial charge in [0, 0.05) is 32.1 Å². The summed E-state index contributed by atoms with van der Waals surface area (Å²) in [5.41, 5.74) is 1.40. The van der Waals surface area contributed by atoms with Crippen molar-refractivity contribution < 1.29 is 9.59 Å². The van der Waals surface area contributed by atoms with E-state index in [-0.39, 0.29) is 11.9 Å². The molecular formula is C23H35N3O2. The molecular weight excluding hydrogens is 350 g/mol. The highest BCUT2D eigenvalue weighted by molar-refractivity contribution is 5.78. The Kier molecular flexibility index (Phi) is 8.19. The fourth-order valence-corrected chi connectivity index (χ4v) is 4.41.